The number of carbonyl (C=O) groups is 1. The van der Waals surface area contributed by atoms with Crippen molar-refractivity contribution in [3.05, 3.63) is 73.7 Å². The Morgan fingerprint density at radius 2 is 1.79 bits per heavy atom. The molecule has 1 N–H and O–H groups in total. The summed E-state index contributed by atoms with van der Waals surface area (Å²) >= 11 is 2.61. The Labute approximate surface area is 205 Å². The minimum Gasteiger partial charge on any atom is -0.393 e. The lowest BCUT2D eigenvalue weighted by atomic mass is 10.0. The number of hydrogen-bond donors (Lipinski definition) is 1. The molecule has 1 unspecified atom stereocenters. The molecule has 4 rings (SSSR count). The molecule has 0 saturated carbocycles. The number of thiophene rings is 1. The summed E-state index contributed by atoms with van der Waals surface area (Å²) in [5.41, 5.74) is -0.207. The van der Waals surface area contributed by atoms with Crippen LogP contribution in [0.1, 0.15) is 42.4 Å². The van der Waals surface area contributed by atoms with E-state index in [0.717, 1.165) is 15.3 Å². The van der Waals surface area contributed by atoms with Gasteiger partial charge in [0, 0.05) is 29.8 Å². The van der Waals surface area contributed by atoms with Gasteiger partial charge < -0.3 is 5.11 Å². The number of carbonyl (C=O) groups excluding carboxylic acids is 1. The highest BCUT2D eigenvalue weighted by atomic mass is 32.2. The Morgan fingerprint density at radius 3 is 2.50 bits per heavy atom. The Balaban J connectivity index is 2.00. The zero-order valence-corrected chi connectivity index (χ0v) is 21.3. The normalized spacial score (nSPS) is 12.6. The summed E-state index contributed by atoms with van der Waals surface area (Å²) in [7, 11) is 1.48. The first-order valence-electron chi connectivity index (χ1n) is 11.3. The van der Waals surface area contributed by atoms with Crippen molar-refractivity contribution in [1.29, 1.82) is 0 Å². The Kier molecular flexibility index (Phi) is 7.12. The van der Waals surface area contributed by atoms with Crippen molar-refractivity contribution in [3.8, 4) is 0 Å². The summed E-state index contributed by atoms with van der Waals surface area (Å²) < 4.78 is 2.74. The molecule has 0 amide bonds. The molecule has 4 aromatic rings. The molecule has 2 aromatic carbocycles. The lowest BCUT2D eigenvalue weighted by Crippen LogP contribution is -2.38. The molecule has 1 atom stereocenters. The molecule has 0 aliphatic rings. The SMILES string of the molecule is CC(C)Cn1c(=O)n(C)c(=O)c2c(SCCC(C)O)c(C(=O)c3cccc4ccccc34)sc21. The molecule has 2 heterocycles. The highest BCUT2D eigenvalue weighted by Crippen LogP contribution is 2.39. The molecule has 2 aromatic heterocycles. The molecular weight excluding hydrogens is 468 g/mol. The predicted octanol–water partition coefficient (Wildman–Crippen LogP) is 4.66. The van der Waals surface area contributed by atoms with Crippen LogP contribution in [0.5, 0.6) is 0 Å². The van der Waals surface area contributed by atoms with Gasteiger partial charge in [0.25, 0.3) is 5.56 Å². The van der Waals surface area contributed by atoms with Gasteiger partial charge in [-0.05, 0) is 30.0 Å². The summed E-state index contributed by atoms with van der Waals surface area (Å²) in [5, 5.41) is 12.0. The standard InChI is InChI=1S/C26H28N2O4S2/c1-15(2)14-28-25-20(24(31)27(4)26(28)32)22(33-13-12-16(3)29)23(34-25)21(30)19-11-7-9-17-8-5-6-10-18(17)19/h5-11,15-16,29H,12-14H2,1-4H3. The maximum Gasteiger partial charge on any atom is 0.331 e. The summed E-state index contributed by atoms with van der Waals surface area (Å²) in [4.78, 5) is 41.8. The number of aromatic nitrogens is 2. The van der Waals surface area contributed by atoms with E-state index in [1.807, 2.05) is 50.2 Å². The zero-order valence-electron chi connectivity index (χ0n) is 19.7. The molecular formula is C26H28N2O4S2. The molecule has 6 nitrogen and oxygen atoms in total. The van der Waals surface area contributed by atoms with Crippen LogP contribution in [0.25, 0.3) is 21.0 Å². The van der Waals surface area contributed by atoms with Crippen molar-refractivity contribution in [1.82, 2.24) is 9.13 Å². The number of benzene rings is 2. The topological polar surface area (TPSA) is 81.3 Å². The van der Waals surface area contributed by atoms with Gasteiger partial charge >= 0.3 is 5.69 Å². The average molecular weight is 497 g/mol. The van der Waals surface area contributed by atoms with E-state index < -0.39 is 11.7 Å². The molecule has 0 bridgehead atoms. The van der Waals surface area contributed by atoms with Crippen molar-refractivity contribution >= 4 is 49.9 Å². The number of nitrogens with zero attached hydrogens (tertiary/aromatic N) is 2. The molecule has 178 valence electrons. The minimum atomic E-state index is -0.489. The van der Waals surface area contributed by atoms with Crippen LogP contribution in [-0.2, 0) is 13.6 Å². The maximum absolute atomic E-state index is 13.9. The number of ketones is 1. The fourth-order valence-corrected chi connectivity index (χ4v) is 6.72. The van der Waals surface area contributed by atoms with E-state index in [-0.39, 0.29) is 17.4 Å². The van der Waals surface area contributed by atoms with E-state index in [1.165, 1.54) is 30.1 Å². The number of fused-ring (bicyclic) bond motifs is 2. The first-order chi connectivity index (χ1) is 16.2. The molecule has 0 saturated heterocycles. The van der Waals surface area contributed by atoms with Crippen LogP contribution in [-0.4, -0.2) is 31.9 Å². The molecule has 0 aliphatic heterocycles. The van der Waals surface area contributed by atoms with Crippen LogP contribution in [0.4, 0.5) is 0 Å². The molecule has 0 radical (unpaired) electrons. The van der Waals surface area contributed by atoms with Gasteiger partial charge in [0.1, 0.15) is 4.83 Å². The lowest BCUT2D eigenvalue weighted by Gasteiger charge is -2.12. The number of rotatable bonds is 8. The van der Waals surface area contributed by atoms with Crippen LogP contribution in [0, 0.1) is 5.92 Å². The van der Waals surface area contributed by atoms with Crippen molar-refractivity contribution in [2.24, 2.45) is 13.0 Å². The quantitative estimate of drug-likeness (QED) is 0.283. The van der Waals surface area contributed by atoms with E-state index in [0.29, 0.717) is 44.3 Å². The molecule has 0 aliphatic carbocycles. The monoisotopic (exact) mass is 496 g/mol. The second-order valence-electron chi connectivity index (χ2n) is 8.93. The lowest BCUT2D eigenvalue weighted by molar-refractivity contribution is 0.104. The van der Waals surface area contributed by atoms with Gasteiger partial charge in [0.15, 0.2) is 0 Å². The second kappa shape index (κ2) is 9.90. The predicted molar refractivity (Wildman–Crippen MR) is 141 cm³/mol. The third-order valence-corrected chi connectivity index (χ3v) is 8.18. The van der Waals surface area contributed by atoms with Crippen LogP contribution in [0.15, 0.2) is 56.9 Å². The average Bonchev–Trinajstić information content (AvgIpc) is 3.18. The first-order valence-corrected chi connectivity index (χ1v) is 13.1. The van der Waals surface area contributed by atoms with Gasteiger partial charge in [-0.1, -0.05) is 56.3 Å². The summed E-state index contributed by atoms with van der Waals surface area (Å²) in [6.45, 7) is 6.19. The van der Waals surface area contributed by atoms with Crippen LogP contribution >= 0.6 is 23.1 Å². The largest absolute Gasteiger partial charge is 0.393 e. The van der Waals surface area contributed by atoms with Gasteiger partial charge in [0.2, 0.25) is 5.78 Å². The van der Waals surface area contributed by atoms with Crippen molar-refractivity contribution < 1.29 is 9.90 Å². The summed E-state index contributed by atoms with van der Waals surface area (Å²) in [6.07, 6.45) is 0.0344. The highest BCUT2D eigenvalue weighted by Gasteiger charge is 2.26. The van der Waals surface area contributed by atoms with Gasteiger partial charge in [-0.3, -0.25) is 18.7 Å². The highest BCUT2D eigenvalue weighted by molar-refractivity contribution is 7.99. The van der Waals surface area contributed by atoms with Gasteiger partial charge in [-0.2, -0.15) is 0 Å². The number of hydrogen-bond acceptors (Lipinski definition) is 6. The maximum atomic E-state index is 13.9. The van der Waals surface area contributed by atoms with Crippen LogP contribution in [0.2, 0.25) is 0 Å². The zero-order chi connectivity index (χ0) is 24.6. The number of aliphatic hydroxyl groups is 1. The third kappa shape index (κ3) is 4.50. The molecule has 34 heavy (non-hydrogen) atoms. The van der Waals surface area contributed by atoms with E-state index in [4.69, 9.17) is 0 Å². The summed E-state index contributed by atoms with van der Waals surface area (Å²) in [6, 6.07) is 13.3. The second-order valence-corrected chi connectivity index (χ2v) is 11.0. The Hall–Kier alpha value is -2.68. The van der Waals surface area contributed by atoms with Crippen molar-refractivity contribution in [2.45, 2.75) is 44.7 Å². The molecule has 0 fully saturated rings. The number of aliphatic hydroxyl groups excluding tert-OH is 1. The fraction of sp³-hybridized carbons (Fsp3) is 0.346. The number of thioether (sulfide) groups is 1. The first kappa shape index (κ1) is 24.4. The third-order valence-electron chi connectivity index (χ3n) is 5.70. The van der Waals surface area contributed by atoms with E-state index in [9.17, 15) is 19.5 Å². The molecule has 8 heteroatoms. The minimum absolute atomic E-state index is 0.164. The molecule has 0 spiro atoms. The summed E-state index contributed by atoms with van der Waals surface area (Å²) in [5.74, 6) is 0.568. The van der Waals surface area contributed by atoms with Gasteiger partial charge in [-0.25, -0.2) is 4.79 Å². The van der Waals surface area contributed by atoms with Crippen LogP contribution in [0.3, 0.4) is 0 Å². The van der Waals surface area contributed by atoms with Gasteiger partial charge in [0.05, 0.1) is 16.4 Å². The van der Waals surface area contributed by atoms with Gasteiger partial charge in [-0.15, -0.1) is 23.1 Å². The smallest absolute Gasteiger partial charge is 0.331 e. The van der Waals surface area contributed by atoms with Crippen molar-refractivity contribution in [2.75, 3.05) is 5.75 Å². The Bertz CT molecular complexity index is 1490. The van der Waals surface area contributed by atoms with E-state index in [1.54, 1.807) is 17.6 Å². The van der Waals surface area contributed by atoms with E-state index >= 15 is 0 Å². The van der Waals surface area contributed by atoms with Crippen molar-refractivity contribution in [3.63, 3.8) is 0 Å². The fourth-order valence-electron chi connectivity index (χ4n) is 4.00. The Morgan fingerprint density at radius 1 is 1.09 bits per heavy atom. The van der Waals surface area contributed by atoms with Crippen LogP contribution < -0.4 is 11.2 Å². The van der Waals surface area contributed by atoms with E-state index in [2.05, 4.69) is 0 Å².